The van der Waals surface area contributed by atoms with E-state index in [2.05, 4.69) is 23.8 Å². The van der Waals surface area contributed by atoms with E-state index in [-0.39, 0.29) is 0 Å². The first kappa shape index (κ1) is 11.9. The van der Waals surface area contributed by atoms with E-state index in [0.29, 0.717) is 12.0 Å². The van der Waals surface area contributed by atoms with Crippen LogP contribution in [0.25, 0.3) is 11.0 Å². The molecule has 0 spiro atoms. The van der Waals surface area contributed by atoms with Crippen molar-refractivity contribution in [3.63, 3.8) is 0 Å². The van der Waals surface area contributed by atoms with Crippen LogP contribution in [0.4, 0.5) is 5.69 Å². The standard InChI is InChI=1S/C14H19N3S/c1-9(8-18-2)14-16-12-6-3-10(15)7-13(12)17(14)11-4-5-11/h3,6-7,9,11H,4-5,8,15H2,1-2H3. The van der Waals surface area contributed by atoms with E-state index in [9.17, 15) is 0 Å². The van der Waals surface area contributed by atoms with Gasteiger partial charge in [-0.3, -0.25) is 0 Å². The second-order valence-corrected chi connectivity index (χ2v) is 6.09. The van der Waals surface area contributed by atoms with Crippen molar-refractivity contribution >= 4 is 28.5 Å². The highest BCUT2D eigenvalue weighted by Crippen LogP contribution is 2.40. The molecule has 3 rings (SSSR count). The van der Waals surface area contributed by atoms with Gasteiger partial charge in [0, 0.05) is 23.4 Å². The largest absolute Gasteiger partial charge is 0.399 e. The summed E-state index contributed by atoms with van der Waals surface area (Å²) in [7, 11) is 0. The molecule has 0 bridgehead atoms. The summed E-state index contributed by atoms with van der Waals surface area (Å²) in [4.78, 5) is 4.83. The predicted molar refractivity (Wildman–Crippen MR) is 79.2 cm³/mol. The number of nitrogens with two attached hydrogens (primary N) is 1. The summed E-state index contributed by atoms with van der Waals surface area (Å²) < 4.78 is 2.42. The van der Waals surface area contributed by atoms with E-state index in [1.165, 1.54) is 24.2 Å². The molecule has 0 saturated heterocycles. The number of hydrogen-bond acceptors (Lipinski definition) is 3. The highest BCUT2D eigenvalue weighted by atomic mass is 32.2. The molecule has 2 aromatic rings. The maximum absolute atomic E-state index is 5.91. The average molecular weight is 261 g/mol. The van der Waals surface area contributed by atoms with Gasteiger partial charge in [-0.15, -0.1) is 0 Å². The summed E-state index contributed by atoms with van der Waals surface area (Å²) in [5.74, 6) is 2.84. The zero-order valence-corrected chi connectivity index (χ0v) is 11.7. The smallest absolute Gasteiger partial charge is 0.113 e. The van der Waals surface area contributed by atoms with Crippen molar-refractivity contribution in [3.8, 4) is 0 Å². The van der Waals surface area contributed by atoms with Crippen LogP contribution < -0.4 is 5.73 Å². The first-order valence-electron chi connectivity index (χ1n) is 6.47. The molecule has 1 aliphatic rings. The molecule has 1 unspecified atom stereocenters. The lowest BCUT2D eigenvalue weighted by molar-refractivity contribution is 0.659. The molecule has 3 nitrogen and oxygen atoms in total. The second kappa shape index (κ2) is 4.50. The number of imidazole rings is 1. The summed E-state index contributed by atoms with van der Waals surface area (Å²) in [5.41, 5.74) is 9.03. The molecule has 1 aromatic carbocycles. The summed E-state index contributed by atoms with van der Waals surface area (Å²) in [6.07, 6.45) is 4.71. The Morgan fingerprint density at radius 2 is 2.28 bits per heavy atom. The zero-order valence-electron chi connectivity index (χ0n) is 10.9. The SMILES string of the molecule is CSCC(C)c1nc2ccc(N)cc2n1C1CC1. The van der Waals surface area contributed by atoms with Crippen molar-refractivity contribution in [3.05, 3.63) is 24.0 Å². The minimum absolute atomic E-state index is 0.495. The number of rotatable bonds is 4. The minimum atomic E-state index is 0.495. The van der Waals surface area contributed by atoms with Gasteiger partial charge in [0.15, 0.2) is 0 Å². The molecule has 18 heavy (non-hydrogen) atoms. The third-order valence-electron chi connectivity index (χ3n) is 3.51. The quantitative estimate of drug-likeness (QED) is 0.858. The lowest BCUT2D eigenvalue weighted by Gasteiger charge is -2.13. The Bertz CT molecular complexity index is 572. The van der Waals surface area contributed by atoms with Crippen molar-refractivity contribution in [2.75, 3.05) is 17.7 Å². The van der Waals surface area contributed by atoms with Gasteiger partial charge >= 0.3 is 0 Å². The molecule has 0 radical (unpaired) electrons. The van der Waals surface area contributed by atoms with Gasteiger partial charge in [0.1, 0.15) is 5.82 Å². The number of hydrogen-bond donors (Lipinski definition) is 1. The molecule has 1 heterocycles. The highest BCUT2D eigenvalue weighted by Gasteiger charge is 2.29. The lowest BCUT2D eigenvalue weighted by Crippen LogP contribution is -2.07. The van der Waals surface area contributed by atoms with Crippen molar-refractivity contribution < 1.29 is 0 Å². The van der Waals surface area contributed by atoms with E-state index >= 15 is 0 Å². The van der Waals surface area contributed by atoms with Gasteiger partial charge in [0.25, 0.3) is 0 Å². The zero-order chi connectivity index (χ0) is 12.7. The van der Waals surface area contributed by atoms with Crippen LogP contribution in [-0.2, 0) is 0 Å². The van der Waals surface area contributed by atoms with Crippen LogP contribution in [0.2, 0.25) is 0 Å². The normalized spacial score (nSPS) is 17.2. The highest BCUT2D eigenvalue weighted by molar-refractivity contribution is 7.98. The molecular formula is C14H19N3S. The predicted octanol–water partition coefficient (Wildman–Crippen LogP) is 3.42. The molecule has 2 N–H and O–H groups in total. The summed E-state index contributed by atoms with van der Waals surface area (Å²) in [6.45, 7) is 2.26. The molecular weight excluding hydrogens is 242 g/mol. The van der Waals surface area contributed by atoms with Gasteiger partial charge in [-0.05, 0) is 37.3 Å². The van der Waals surface area contributed by atoms with Crippen molar-refractivity contribution in [1.29, 1.82) is 0 Å². The number of nitrogens with zero attached hydrogens (tertiary/aromatic N) is 2. The fourth-order valence-corrected chi connectivity index (χ4v) is 3.17. The van der Waals surface area contributed by atoms with Crippen molar-refractivity contribution in [2.45, 2.75) is 31.7 Å². The first-order valence-corrected chi connectivity index (χ1v) is 7.86. The van der Waals surface area contributed by atoms with Gasteiger partial charge in [0.05, 0.1) is 11.0 Å². The van der Waals surface area contributed by atoms with E-state index in [0.717, 1.165) is 17.0 Å². The van der Waals surface area contributed by atoms with Gasteiger partial charge in [0.2, 0.25) is 0 Å². The lowest BCUT2D eigenvalue weighted by atomic mass is 10.2. The fourth-order valence-electron chi connectivity index (χ4n) is 2.52. The molecule has 96 valence electrons. The van der Waals surface area contributed by atoms with Crippen LogP contribution in [0.5, 0.6) is 0 Å². The summed E-state index contributed by atoms with van der Waals surface area (Å²) >= 11 is 1.88. The Morgan fingerprint density at radius 3 is 2.94 bits per heavy atom. The van der Waals surface area contributed by atoms with Crippen LogP contribution in [0, 0.1) is 0 Å². The Hall–Kier alpha value is -1.16. The van der Waals surface area contributed by atoms with Crippen LogP contribution in [0.1, 0.15) is 37.5 Å². The topological polar surface area (TPSA) is 43.8 Å². The molecule has 1 atom stereocenters. The van der Waals surface area contributed by atoms with Crippen LogP contribution in [0.3, 0.4) is 0 Å². The number of nitrogen functional groups attached to an aromatic ring is 1. The number of benzene rings is 1. The average Bonchev–Trinajstić information content (AvgIpc) is 3.10. The molecule has 1 fully saturated rings. The monoisotopic (exact) mass is 261 g/mol. The van der Waals surface area contributed by atoms with Gasteiger partial charge in [-0.1, -0.05) is 6.92 Å². The van der Waals surface area contributed by atoms with Crippen LogP contribution in [-0.4, -0.2) is 21.6 Å². The number of thioether (sulfide) groups is 1. The second-order valence-electron chi connectivity index (χ2n) is 5.18. The maximum Gasteiger partial charge on any atom is 0.113 e. The Balaban J connectivity index is 2.15. The third-order valence-corrected chi connectivity index (χ3v) is 4.34. The number of aromatic nitrogens is 2. The Morgan fingerprint density at radius 1 is 1.50 bits per heavy atom. The van der Waals surface area contributed by atoms with Gasteiger partial charge in [-0.2, -0.15) is 11.8 Å². The molecule has 1 aliphatic carbocycles. The van der Waals surface area contributed by atoms with Crippen LogP contribution >= 0.6 is 11.8 Å². The third kappa shape index (κ3) is 1.99. The first-order chi connectivity index (χ1) is 8.70. The Labute approximate surface area is 112 Å². The van der Waals surface area contributed by atoms with Crippen LogP contribution in [0.15, 0.2) is 18.2 Å². The molecule has 0 aliphatic heterocycles. The van der Waals surface area contributed by atoms with E-state index in [1.54, 1.807) is 0 Å². The van der Waals surface area contributed by atoms with Gasteiger partial charge in [-0.25, -0.2) is 4.98 Å². The van der Waals surface area contributed by atoms with E-state index in [4.69, 9.17) is 10.7 Å². The number of anilines is 1. The number of fused-ring (bicyclic) bond motifs is 1. The molecule has 1 aromatic heterocycles. The van der Waals surface area contributed by atoms with Gasteiger partial charge < -0.3 is 10.3 Å². The van der Waals surface area contributed by atoms with E-state index in [1.807, 2.05) is 23.9 Å². The van der Waals surface area contributed by atoms with Crippen molar-refractivity contribution in [2.24, 2.45) is 0 Å². The fraction of sp³-hybridized carbons (Fsp3) is 0.500. The molecule has 1 saturated carbocycles. The maximum atomic E-state index is 5.91. The minimum Gasteiger partial charge on any atom is -0.399 e. The molecule has 4 heteroatoms. The summed E-state index contributed by atoms with van der Waals surface area (Å²) in [5, 5.41) is 0. The van der Waals surface area contributed by atoms with Crippen molar-refractivity contribution in [1.82, 2.24) is 9.55 Å². The summed E-state index contributed by atoms with van der Waals surface area (Å²) in [6, 6.07) is 6.70. The Kier molecular flexibility index (Phi) is 2.98. The molecule has 0 amide bonds. The van der Waals surface area contributed by atoms with E-state index < -0.39 is 0 Å².